The van der Waals surface area contributed by atoms with Crippen molar-refractivity contribution in [3.8, 4) is 11.8 Å². The second-order valence-corrected chi connectivity index (χ2v) is 4.69. The van der Waals surface area contributed by atoms with E-state index in [9.17, 15) is 0 Å². The summed E-state index contributed by atoms with van der Waals surface area (Å²) in [5.41, 5.74) is 8.08. The molecule has 0 aromatic heterocycles. The lowest BCUT2D eigenvalue weighted by atomic mass is 9.91. The van der Waals surface area contributed by atoms with Crippen molar-refractivity contribution in [2.75, 3.05) is 0 Å². The Bertz CT molecular complexity index is 433. The molecule has 110 valence electrons. The molecule has 0 fully saturated rings. The summed E-state index contributed by atoms with van der Waals surface area (Å²) in [7, 11) is 0. The Balaban J connectivity index is 0.00000172. The van der Waals surface area contributed by atoms with Gasteiger partial charge in [-0.1, -0.05) is 77.2 Å². The highest BCUT2D eigenvalue weighted by atomic mass is 14.7. The fourth-order valence-corrected chi connectivity index (χ4v) is 1.72. The lowest BCUT2D eigenvalue weighted by Gasteiger charge is -2.21. The molecule has 0 aliphatic heterocycles. The fourth-order valence-electron chi connectivity index (χ4n) is 1.72. The number of nitrogens with two attached hydrogens (primary N) is 1. The van der Waals surface area contributed by atoms with Crippen LogP contribution >= 0.6 is 0 Å². The van der Waals surface area contributed by atoms with E-state index in [0.717, 1.165) is 36.8 Å². The van der Waals surface area contributed by atoms with Crippen molar-refractivity contribution in [1.82, 2.24) is 0 Å². The molecule has 1 nitrogen and oxygen atoms in total. The molecule has 1 aromatic rings. The zero-order valence-electron chi connectivity index (χ0n) is 13.5. The third-order valence-corrected chi connectivity index (χ3v) is 3.21. The molecule has 1 heteroatoms. The van der Waals surface area contributed by atoms with Gasteiger partial charge in [0.05, 0.1) is 5.54 Å². The quantitative estimate of drug-likeness (QED) is 0.749. The average molecular weight is 271 g/mol. The first kappa shape index (κ1) is 18.5. The lowest BCUT2D eigenvalue weighted by molar-refractivity contribution is 0.467. The Morgan fingerprint density at radius 1 is 1.20 bits per heavy atom. The average Bonchev–Trinajstić information content (AvgIpc) is 2.53. The minimum absolute atomic E-state index is 0.340. The van der Waals surface area contributed by atoms with Crippen molar-refractivity contribution in [3.05, 3.63) is 42.0 Å². The molecule has 1 rings (SSSR count). The minimum atomic E-state index is -0.340. The Morgan fingerprint density at radius 3 is 2.25 bits per heavy atom. The van der Waals surface area contributed by atoms with Crippen molar-refractivity contribution in [1.29, 1.82) is 0 Å². The molecular weight excluding hydrogens is 242 g/mol. The van der Waals surface area contributed by atoms with Crippen molar-refractivity contribution < 1.29 is 0 Å². The molecule has 0 spiro atoms. The third-order valence-electron chi connectivity index (χ3n) is 3.21. The van der Waals surface area contributed by atoms with Crippen LogP contribution in [0, 0.1) is 11.8 Å². The highest BCUT2D eigenvalue weighted by Gasteiger charge is 2.18. The summed E-state index contributed by atoms with van der Waals surface area (Å²) in [6.07, 6.45) is 5.99. The van der Waals surface area contributed by atoms with E-state index in [0.29, 0.717) is 0 Å². The van der Waals surface area contributed by atoms with Crippen LogP contribution in [0.25, 0.3) is 6.08 Å². The summed E-state index contributed by atoms with van der Waals surface area (Å²) in [6, 6.07) is 8.07. The zero-order valence-corrected chi connectivity index (χ0v) is 13.5. The molecule has 0 radical (unpaired) electrons. The lowest BCUT2D eigenvalue weighted by Crippen LogP contribution is -2.37. The molecule has 0 aliphatic carbocycles. The van der Waals surface area contributed by atoms with Crippen molar-refractivity contribution in [2.45, 2.75) is 58.9 Å². The van der Waals surface area contributed by atoms with Crippen LogP contribution in [0.1, 0.15) is 64.5 Å². The summed E-state index contributed by atoms with van der Waals surface area (Å²) in [4.78, 5) is 0. The van der Waals surface area contributed by atoms with E-state index in [1.807, 2.05) is 44.2 Å². The zero-order chi connectivity index (χ0) is 15.4. The fraction of sp³-hybridized carbons (Fsp3) is 0.474. The van der Waals surface area contributed by atoms with Gasteiger partial charge in [-0.25, -0.2) is 0 Å². The summed E-state index contributed by atoms with van der Waals surface area (Å²) in [6.45, 7) is 12.0. The van der Waals surface area contributed by atoms with Crippen LogP contribution < -0.4 is 5.73 Å². The number of hydrogen-bond acceptors (Lipinski definition) is 1. The van der Waals surface area contributed by atoms with Crippen LogP contribution in [0.4, 0.5) is 0 Å². The van der Waals surface area contributed by atoms with E-state index in [1.54, 1.807) is 0 Å². The molecule has 20 heavy (non-hydrogen) atoms. The molecule has 1 aromatic carbocycles. The van der Waals surface area contributed by atoms with Gasteiger partial charge in [0, 0.05) is 5.56 Å². The van der Waals surface area contributed by atoms with Gasteiger partial charge in [0.1, 0.15) is 0 Å². The van der Waals surface area contributed by atoms with Crippen LogP contribution in [0.15, 0.2) is 30.8 Å². The predicted octanol–water partition coefficient (Wildman–Crippen LogP) is 5.01. The van der Waals surface area contributed by atoms with Crippen LogP contribution in [-0.2, 0) is 0 Å². The SMILES string of the molecule is C=Cc1ccc(C#CC(N)(CC)CCCC)cc1.CC. The topological polar surface area (TPSA) is 26.0 Å². The van der Waals surface area contributed by atoms with Gasteiger partial charge in [0.25, 0.3) is 0 Å². The maximum absolute atomic E-state index is 6.30. The van der Waals surface area contributed by atoms with Crippen molar-refractivity contribution >= 4 is 6.08 Å². The molecule has 0 amide bonds. The second kappa shape index (κ2) is 10.3. The van der Waals surface area contributed by atoms with E-state index in [4.69, 9.17) is 5.73 Å². The smallest absolute Gasteiger partial charge is 0.0777 e. The monoisotopic (exact) mass is 271 g/mol. The predicted molar refractivity (Wildman–Crippen MR) is 91.5 cm³/mol. The maximum atomic E-state index is 6.30. The molecule has 0 saturated carbocycles. The largest absolute Gasteiger partial charge is 0.315 e. The molecule has 0 saturated heterocycles. The number of unbranched alkanes of at least 4 members (excludes halogenated alkanes) is 1. The number of benzene rings is 1. The van der Waals surface area contributed by atoms with Gasteiger partial charge in [-0.05, 0) is 30.5 Å². The first-order valence-corrected chi connectivity index (χ1v) is 7.68. The molecule has 0 bridgehead atoms. The van der Waals surface area contributed by atoms with Gasteiger partial charge in [-0.2, -0.15) is 0 Å². The summed E-state index contributed by atoms with van der Waals surface area (Å²) < 4.78 is 0. The summed E-state index contributed by atoms with van der Waals surface area (Å²) in [5.74, 6) is 6.42. The number of rotatable bonds is 5. The molecule has 1 unspecified atom stereocenters. The van der Waals surface area contributed by atoms with Gasteiger partial charge < -0.3 is 5.73 Å². The number of hydrogen-bond donors (Lipinski definition) is 1. The van der Waals surface area contributed by atoms with Gasteiger partial charge in [-0.3, -0.25) is 0 Å². The highest BCUT2D eigenvalue weighted by molar-refractivity contribution is 5.49. The standard InChI is InChI=1S/C17H23N.C2H6/c1-4-7-13-17(18,6-3)14-12-16-10-8-15(5-2)9-11-16;1-2/h5,8-11H,2,4,6-7,13,18H2,1,3H3;1-2H3. The molecule has 2 N–H and O–H groups in total. The Kier molecular flexibility index (Phi) is 9.51. The molecular formula is C19H29N. The van der Waals surface area contributed by atoms with E-state index in [-0.39, 0.29) is 5.54 Å². The first-order chi connectivity index (χ1) is 9.63. The first-order valence-electron chi connectivity index (χ1n) is 7.68. The van der Waals surface area contributed by atoms with Crippen LogP contribution in [-0.4, -0.2) is 5.54 Å². The van der Waals surface area contributed by atoms with E-state index < -0.39 is 0 Å². The Morgan fingerprint density at radius 2 is 1.80 bits per heavy atom. The van der Waals surface area contributed by atoms with Gasteiger partial charge >= 0.3 is 0 Å². The molecule has 0 aliphatic rings. The van der Waals surface area contributed by atoms with Crippen LogP contribution in [0.5, 0.6) is 0 Å². The van der Waals surface area contributed by atoms with Crippen molar-refractivity contribution in [2.24, 2.45) is 5.73 Å². The summed E-state index contributed by atoms with van der Waals surface area (Å²) in [5, 5.41) is 0. The normalized spacial score (nSPS) is 12.2. The van der Waals surface area contributed by atoms with Crippen LogP contribution in [0.2, 0.25) is 0 Å². The van der Waals surface area contributed by atoms with Gasteiger partial charge in [-0.15, -0.1) is 0 Å². The van der Waals surface area contributed by atoms with Gasteiger partial charge in [0.15, 0.2) is 0 Å². The summed E-state index contributed by atoms with van der Waals surface area (Å²) >= 11 is 0. The van der Waals surface area contributed by atoms with Crippen molar-refractivity contribution in [3.63, 3.8) is 0 Å². The molecule has 0 heterocycles. The third kappa shape index (κ3) is 6.59. The van der Waals surface area contributed by atoms with Gasteiger partial charge in [0.2, 0.25) is 0 Å². The Labute approximate surface area is 125 Å². The second-order valence-electron chi connectivity index (χ2n) is 4.69. The minimum Gasteiger partial charge on any atom is -0.315 e. The Hall–Kier alpha value is -1.52. The van der Waals surface area contributed by atoms with Crippen LogP contribution in [0.3, 0.4) is 0 Å². The molecule has 1 atom stereocenters. The van der Waals surface area contributed by atoms with E-state index >= 15 is 0 Å². The maximum Gasteiger partial charge on any atom is 0.0777 e. The highest BCUT2D eigenvalue weighted by Crippen LogP contribution is 2.15. The van der Waals surface area contributed by atoms with E-state index in [2.05, 4.69) is 32.3 Å². The van der Waals surface area contributed by atoms with E-state index in [1.165, 1.54) is 0 Å².